The molecule has 1 heterocycles. The Kier molecular flexibility index (Phi) is 12.8. The van der Waals surface area contributed by atoms with E-state index in [4.69, 9.17) is 65.5 Å². The number of ether oxygens (including phenoxy) is 8. The molecule has 0 aliphatic carbocycles. The minimum absolute atomic E-state index is 0.0489. The number of fused-ring (bicyclic) bond motifs is 1. The molecular formula is C39H37Cl2NO11. The molecule has 1 amide bonds. The quantitative estimate of drug-likeness (QED) is 0.0768. The Labute approximate surface area is 315 Å². The van der Waals surface area contributed by atoms with Crippen LogP contribution in [-0.4, -0.2) is 61.8 Å². The van der Waals surface area contributed by atoms with Crippen LogP contribution >= 0.6 is 23.2 Å². The van der Waals surface area contributed by atoms with E-state index in [-0.39, 0.29) is 47.3 Å². The van der Waals surface area contributed by atoms with Crippen LogP contribution in [0.3, 0.4) is 0 Å². The zero-order valence-corrected chi connectivity index (χ0v) is 31.3. The maximum Gasteiger partial charge on any atom is 0.248 e. The Morgan fingerprint density at radius 1 is 0.698 bits per heavy atom. The van der Waals surface area contributed by atoms with Crippen molar-refractivity contribution < 1.29 is 47.1 Å². The molecule has 0 radical (unpaired) electrons. The van der Waals surface area contributed by atoms with Crippen molar-refractivity contribution in [3.05, 3.63) is 92.6 Å². The maximum absolute atomic E-state index is 14.1. The molecule has 0 atom stereocenters. The summed E-state index contributed by atoms with van der Waals surface area (Å²) < 4.78 is 51.5. The second-order valence-electron chi connectivity index (χ2n) is 11.1. The number of anilines is 1. The van der Waals surface area contributed by atoms with Crippen molar-refractivity contribution in [1.29, 1.82) is 0 Å². The predicted molar refractivity (Wildman–Crippen MR) is 203 cm³/mol. The molecule has 0 aliphatic heterocycles. The average molecular weight is 767 g/mol. The molecule has 0 unspecified atom stereocenters. The van der Waals surface area contributed by atoms with Crippen molar-refractivity contribution in [2.24, 2.45) is 0 Å². The van der Waals surface area contributed by atoms with Gasteiger partial charge in [0.1, 0.15) is 22.5 Å². The van der Waals surface area contributed by atoms with Crippen LogP contribution in [0.1, 0.15) is 12.0 Å². The van der Waals surface area contributed by atoms with Gasteiger partial charge < -0.3 is 47.6 Å². The van der Waals surface area contributed by atoms with Gasteiger partial charge in [-0.15, -0.1) is 0 Å². The van der Waals surface area contributed by atoms with Crippen molar-refractivity contribution in [3.63, 3.8) is 0 Å². The first-order valence-corrected chi connectivity index (χ1v) is 16.8. The molecule has 14 heteroatoms. The number of amides is 1. The molecule has 0 fully saturated rings. The summed E-state index contributed by atoms with van der Waals surface area (Å²) in [4.78, 5) is 26.5. The zero-order chi connectivity index (χ0) is 38.1. The summed E-state index contributed by atoms with van der Waals surface area (Å²) in [5.74, 6) is 2.44. The lowest BCUT2D eigenvalue weighted by Gasteiger charge is -2.17. The smallest absolute Gasteiger partial charge is 0.248 e. The largest absolute Gasteiger partial charge is 0.496 e. The summed E-state index contributed by atoms with van der Waals surface area (Å²) in [6, 6.07) is 16.6. The lowest BCUT2D eigenvalue weighted by Crippen LogP contribution is -2.14. The van der Waals surface area contributed by atoms with Crippen LogP contribution in [-0.2, 0) is 4.79 Å². The first-order chi connectivity index (χ1) is 25.6. The van der Waals surface area contributed by atoms with Crippen molar-refractivity contribution in [1.82, 2.24) is 0 Å². The highest BCUT2D eigenvalue weighted by atomic mass is 35.5. The van der Waals surface area contributed by atoms with Gasteiger partial charge in [0.25, 0.3) is 0 Å². The van der Waals surface area contributed by atoms with E-state index in [0.29, 0.717) is 67.8 Å². The highest BCUT2D eigenvalue weighted by Crippen LogP contribution is 2.44. The second-order valence-corrected chi connectivity index (χ2v) is 11.9. The Bertz CT molecular complexity index is 2170. The molecular weight excluding hydrogens is 729 g/mol. The number of halogens is 2. The van der Waals surface area contributed by atoms with E-state index < -0.39 is 5.43 Å². The van der Waals surface area contributed by atoms with Crippen LogP contribution in [0.2, 0.25) is 10.0 Å². The third kappa shape index (κ3) is 8.85. The van der Waals surface area contributed by atoms with Gasteiger partial charge in [0.2, 0.25) is 22.8 Å². The van der Waals surface area contributed by atoms with E-state index >= 15 is 0 Å². The first kappa shape index (κ1) is 38.5. The van der Waals surface area contributed by atoms with E-state index in [0.717, 1.165) is 0 Å². The van der Waals surface area contributed by atoms with Crippen LogP contribution in [0.25, 0.3) is 28.4 Å². The lowest BCUT2D eigenvalue weighted by molar-refractivity contribution is -0.111. The molecule has 0 spiro atoms. The summed E-state index contributed by atoms with van der Waals surface area (Å²) in [5.41, 5.74) is 1.43. The highest BCUT2D eigenvalue weighted by molar-refractivity contribution is 6.42. The number of hydrogen-bond acceptors (Lipinski definition) is 11. The Morgan fingerprint density at radius 2 is 1.40 bits per heavy atom. The summed E-state index contributed by atoms with van der Waals surface area (Å²) in [6.45, 7) is 0.305. The van der Waals surface area contributed by atoms with Gasteiger partial charge in [-0.2, -0.15) is 0 Å². The maximum atomic E-state index is 14.1. The average Bonchev–Trinajstić information content (AvgIpc) is 3.17. The van der Waals surface area contributed by atoms with E-state index in [9.17, 15) is 9.59 Å². The van der Waals surface area contributed by atoms with E-state index in [2.05, 4.69) is 5.32 Å². The molecule has 0 saturated heterocycles. The van der Waals surface area contributed by atoms with Gasteiger partial charge in [0.05, 0.1) is 65.9 Å². The number of carbonyl (C=O) groups is 1. The molecule has 53 heavy (non-hydrogen) atoms. The van der Waals surface area contributed by atoms with Crippen LogP contribution in [0.5, 0.6) is 46.0 Å². The molecule has 0 bridgehead atoms. The molecule has 0 aliphatic rings. The summed E-state index contributed by atoms with van der Waals surface area (Å²) in [7, 11) is 8.94. The third-order valence-corrected chi connectivity index (χ3v) is 8.61. The third-order valence-electron chi connectivity index (χ3n) is 7.87. The SMILES string of the molecule is COc1cc(OC)c2c(=O)c(OCCCOc3ccc(/C=C/C(=O)Nc4ccc(Cl)c(Cl)c4)cc3OC)c(-c3cc(OC)c(OC)c(OC)c3)oc2c1. The monoisotopic (exact) mass is 765 g/mol. The minimum Gasteiger partial charge on any atom is -0.496 e. The van der Waals surface area contributed by atoms with Crippen molar-refractivity contribution in [2.45, 2.75) is 6.42 Å². The summed E-state index contributed by atoms with van der Waals surface area (Å²) in [6.07, 6.45) is 3.40. The van der Waals surface area contributed by atoms with Crippen LogP contribution in [0.15, 0.2) is 76.0 Å². The zero-order valence-electron chi connectivity index (χ0n) is 29.8. The van der Waals surface area contributed by atoms with Crippen molar-refractivity contribution in [3.8, 4) is 57.3 Å². The Morgan fingerprint density at radius 3 is 2.04 bits per heavy atom. The summed E-state index contributed by atoms with van der Waals surface area (Å²) >= 11 is 12.0. The van der Waals surface area contributed by atoms with Crippen molar-refractivity contribution in [2.75, 3.05) is 61.2 Å². The minimum atomic E-state index is -0.452. The topological polar surface area (TPSA) is 133 Å². The van der Waals surface area contributed by atoms with Crippen LogP contribution in [0.4, 0.5) is 5.69 Å². The number of nitrogens with one attached hydrogen (secondary N) is 1. The van der Waals surface area contributed by atoms with Gasteiger partial charge in [-0.3, -0.25) is 9.59 Å². The van der Waals surface area contributed by atoms with Gasteiger partial charge >= 0.3 is 0 Å². The molecule has 5 rings (SSSR count). The normalized spacial score (nSPS) is 10.9. The Balaban J connectivity index is 1.33. The number of carbonyl (C=O) groups excluding carboxylic acids is 1. The molecule has 4 aromatic carbocycles. The number of methoxy groups -OCH3 is 6. The number of benzene rings is 4. The van der Waals surface area contributed by atoms with E-state index in [1.165, 1.54) is 48.7 Å². The van der Waals surface area contributed by atoms with Gasteiger partial charge in [-0.05, 0) is 54.1 Å². The first-order valence-electron chi connectivity index (χ1n) is 16.1. The molecule has 5 aromatic rings. The summed E-state index contributed by atoms with van der Waals surface area (Å²) in [5, 5.41) is 3.64. The fourth-order valence-corrected chi connectivity index (χ4v) is 5.61. The molecule has 0 saturated carbocycles. The highest BCUT2D eigenvalue weighted by Gasteiger charge is 2.24. The van der Waals surface area contributed by atoms with Gasteiger partial charge in [-0.1, -0.05) is 29.3 Å². The lowest BCUT2D eigenvalue weighted by atomic mass is 10.1. The fraction of sp³-hybridized carbons (Fsp3) is 0.231. The Hall–Kier alpha value is -5.72. The number of rotatable bonds is 16. The molecule has 1 aromatic heterocycles. The second kappa shape index (κ2) is 17.7. The van der Waals surface area contributed by atoms with Crippen molar-refractivity contribution >= 4 is 51.8 Å². The van der Waals surface area contributed by atoms with E-state index in [1.54, 1.807) is 66.7 Å². The standard InChI is InChI=1S/C39H37Cl2NO11/c1-45-25-20-30(47-3)35-31(21-25)53-37(23-17-32(48-4)38(50-6)33(18-23)49-5)39(36(35)44)52-15-7-14-51-28-12-8-22(16-29(28)46-2)9-13-34(43)42-24-10-11-26(40)27(41)19-24/h8-13,16-21H,7,14-15H2,1-6H3,(H,42,43)/b13-9+. The fourth-order valence-electron chi connectivity index (χ4n) is 5.31. The predicted octanol–water partition coefficient (Wildman–Crippen LogP) is 8.32. The molecule has 278 valence electrons. The number of hydrogen-bond donors (Lipinski definition) is 1. The van der Waals surface area contributed by atoms with Gasteiger partial charge in [0, 0.05) is 35.9 Å². The van der Waals surface area contributed by atoms with Crippen LogP contribution < -0.4 is 48.6 Å². The van der Waals surface area contributed by atoms with Gasteiger partial charge in [-0.25, -0.2) is 0 Å². The molecule has 1 N–H and O–H groups in total. The van der Waals surface area contributed by atoms with E-state index in [1.807, 2.05) is 0 Å². The van der Waals surface area contributed by atoms with Gasteiger partial charge in [0.15, 0.2) is 28.8 Å². The molecule has 12 nitrogen and oxygen atoms in total. The van der Waals surface area contributed by atoms with Crippen LogP contribution in [0, 0.1) is 0 Å².